The molecule has 0 unspecified atom stereocenters. The third-order valence-corrected chi connectivity index (χ3v) is 3.46. The van der Waals surface area contributed by atoms with E-state index in [4.69, 9.17) is 21.7 Å². The number of ether oxygens (including phenoxy) is 2. The van der Waals surface area contributed by atoms with Gasteiger partial charge in [-0.25, -0.2) is 0 Å². The summed E-state index contributed by atoms with van der Waals surface area (Å²) in [6, 6.07) is 15.7. The van der Waals surface area contributed by atoms with Crippen LogP contribution < -0.4 is 20.2 Å². The van der Waals surface area contributed by atoms with Crippen molar-refractivity contribution in [1.82, 2.24) is 10.7 Å². The van der Waals surface area contributed by atoms with Crippen LogP contribution in [0.15, 0.2) is 53.6 Å². The maximum Gasteiger partial charge on any atom is 0.186 e. The normalized spacial score (nSPS) is 10.5. The highest BCUT2D eigenvalue weighted by atomic mass is 32.1. The molecular formula is C19H23N3O2S. The van der Waals surface area contributed by atoms with Gasteiger partial charge >= 0.3 is 0 Å². The Labute approximate surface area is 154 Å². The van der Waals surface area contributed by atoms with E-state index in [1.165, 1.54) is 0 Å². The summed E-state index contributed by atoms with van der Waals surface area (Å²) < 4.78 is 11.6. The van der Waals surface area contributed by atoms with Gasteiger partial charge < -0.3 is 14.8 Å². The summed E-state index contributed by atoms with van der Waals surface area (Å²) >= 11 is 5.06. The molecule has 132 valence electrons. The molecule has 0 amide bonds. The van der Waals surface area contributed by atoms with Crippen LogP contribution in [0.3, 0.4) is 0 Å². The molecule has 0 aliphatic rings. The molecule has 0 atom stereocenters. The van der Waals surface area contributed by atoms with Crippen LogP contribution in [0.4, 0.5) is 0 Å². The van der Waals surface area contributed by atoms with Crippen LogP contribution in [0.5, 0.6) is 11.5 Å². The first kappa shape index (κ1) is 18.7. The highest BCUT2D eigenvalue weighted by molar-refractivity contribution is 7.80. The molecule has 0 saturated heterocycles. The predicted molar refractivity (Wildman–Crippen MR) is 105 cm³/mol. The van der Waals surface area contributed by atoms with Gasteiger partial charge in [0.05, 0.1) is 12.8 Å². The largest absolute Gasteiger partial charge is 0.490 e. The Hall–Kier alpha value is -2.60. The molecule has 2 aromatic carbocycles. The number of hydrazone groups is 1. The number of hydrogen-bond donors (Lipinski definition) is 2. The third-order valence-electron chi connectivity index (χ3n) is 3.22. The average Bonchev–Trinajstić information content (AvgIpc) is 2.62. The third kappa shape index (κ3) is 6.43. The van der Waals surface area contributed by atoms with E-state index in [0.717, 1.165) is 17.7 Å². The van der Waals surface area contributed by atoms with Crippen molar-refractivity contribution in [3.8, 4) is 11.5 Å². The number of thiocarbonyl (C=S) groups is 1. The Kier molecular flexibility index (Phi) is 7.72. The van der Waals surface area contributed by atoms with E-state index >= 15 is 0 Å². The first-order valence-electron chi connectivity index (χ1n) is 8.23. The molecule has 2 aromatic rings. The maximum absolute atomic E-state index is 5.89. The SMILES string of the molecule is CCNC(=S)N/N=C/c1ccc(OCc2ccccc2)c(OCC)c1. The second-order valence-corrected chi connectivity index (χ2v) is 5.55. The summed E-state index contributed by atoms with van der Waals surface area (Å²) in [5, 5.41) is 7.57. The Morgan fingerprint density at radius 2 is 1.88 bits per heavy atom. The molecule has 0 bridgehead atoms. The lowest BCUT2D eigenvalue weighted by Crippen LogP contribution is -2.31. The molecule has 2 N–H and O–H groups in total. The van der Waals surface area contributed by atoms with Gasteiger partial charge in [0.2, 0.25) is 0 Å². The van der Waals surface area contributed by atoms with Crippen molar-refractivity contribution in [2.45, 2.75) is 20.5 Å². The molecule has 0 saturated carbocycles. The van der Waals surface area contributed by atoms with Crippen molar-refractivity contribution in [3.05, 3.63) is 59.7 Å². The Bertz CT molecular complexity index is 705. The quantitative estimate of drug-likeness (QED) is 0.430. The predicted octanol–water partition coefficient (Wildman–Crippen LogP) is 3.48. The second kappa shape index (κ2) is 10.3. The van der Waals surface area contributed by atoms with E-state index in [2.05, 4.69) is 15.8 Å². The zero-order valence-corrected chi connectivity index (χ0v) is 15.3. The van der Waals surface area contributed by atoms with E-state index in [1.807, 2.05) is 62.4 Å². The van der Waals surface area contributed by atoms with Crippen LogP contribution in [-0.4, -0.2) is 24.5 Å². The number of nitrogens with one attached hydrogen (secondary N) is 2. The summed E-state index contributed by atoms with van der Waals surface area (Å²) in [5.41, 5.74) is 4.76. The van der Waals surface area contributed by atoms with Gasteiger partial charge in [-0.3, -0.25) is 5.43 Å². The highest BCUT2D eigenvalue weighted by Crippen LogP contribution is 2.28. The van der Waals surface area contributed by atoms with E-state index < -0.39 is 0 Å². The van der Waals surface area contributed by atoms with E-state index in [-0.39, 0.29) is 0 Å². The van der Waals surface area contributed by atoms with Crippen LogP contribution in [0.25, 0.3) is 0 Å². The van der Waals surface area contributed by atoms with Gasteiger partial charge in [0, 0.05) is 6.54 Å². The summed E-state index contributed by atoms with van der Waals surface area (Å²) in [4.78, 5) is 0. The van der Waals surface area contributed by atoms with Crippen LogP contribution in [0.1, 0.15) is 25.0 Å². The van der Waals surface area contributed by atoms with Crippen molar-refractivity contribution in [3.63, 3.8) is 0 Å². The molecule has 2 rings (SSSR count). The van der Waals surface area contributed by atoms with Gasteiger partial charge in [0.15, 0.2) is 16.6 Å². The fraction of sp³-hybridized carbons (Fsp3) is 0.263. The number of nitrogens with zero attached hydrogens (tertiary/aromatic N) is 1. The molecular weight excluding hydrogens is 334 g/mol. The lowest BCUT2D eigenvalue weighted by Gasteiger charge is -2.12. The zero-order chi connectivity index (χ0) is 17.9. The Morgan fingerprint density at radius 1 is 1.08 bits per heavy atom. The summed E-state index contributed by atoms with van der Waals surface area (Å²) in [5.74, 6) is 1.40. The number of benzene rings is 2. The fourth-order valence-electron chi connectivity index (χ4n) is 2.09. The molecule has 0 aliphatic heterocycles. The Morgan fingerprint density at radius 3 is 2.60 bits per heavy atom. The lowest BCUT2D eigenvalue weighted by molar-refractivity contribution is 0.269. The number of rotatable bonds is 8. The van der Waals surface area contributed by atoms with Crippen LogP contribution in [0.2, 0.25) is 0 Å². The van der Waals surface area contributed by atoms with Crippen LogP contribution in [0, 0.1) is 0 Å². The van der Waals surface area contributed by atoms with Gasteiger partial charge in [-0.15, -0.1) is 0 Å². The van der Waals surface area contributed by atoms with Crippen molar-refractivity contribution in [1.29, 1.82) is 0 Å². The van der Waals surface area contributed by atoms with E-state index in [0.29, 0.717) is 29.8 Å². The Balaban J connectivity index is 2.03. The van der Waals surface area contributed by atoms with Crippen molar-refractivity contribution in [2.75, 3.05) is 13.2 Å². The first-order valence-corrected chi connectivity index (χ1v) is 8.64. The smallest absolute Gasteiger partial charge is 0.186 e. The van der Waals surface area contributed by atoms with Crippen molar-refractivity contribution in [2.24, 2.45) is 5.10 Å². The first-order chi connectivity index (χ1) is 12.2. The molecule has 0 radical (unpaired) electrons. The van der Waals surface area contributed by atoms with Gasteiger partial charge in [0.25, 0.3) is 0 Å². The summed E-state index contributed by atoms with van der Waals surface area (Å²) in [6.45, 7) is 5.72. The fourth-order valence-corrected chi connectivity index (χ4v) is 2.29. The maximum atomic E-state index is 5.89. The van der Waals surface area contributed by atoms with Gasteiger partial charge in [-0.2, -0.15) is 5.10 Å². The van der Waals surface area contributed by atoms with Crippen molar-refractivity contribution >= 4 is 23.5 Å². The molecule has 0 aliphatic carbocycles. The highest BCUT2D eigenvalue weighted by Gasteiger charge is 2.06. The number of hydrogen-bond acceptors (Lipinski definition) is 4. The van der Waals surface area contributed by atoms with Crippen molar-refractivity contribution < 1.29 is 9.47 Å². The minimum Gasteiger partial charge on any atom is -0.490 e. The van der Waals surface area contributed by atoms with E-state index in [9.17, 15) is 0 Å². The minimum atomic E-state index is 0.492. The average molecular weight is 357 g/mol. The molecule has 0 heterocycles. The monoisotopic (exact) mass is 357 g/mol. The van der Waals surface area contributed by atoms with Crippen LogP contribution in [-0.2, 0) is 6.61 Å². The summed E-state index contributed by atoms with van der Waals surface area (Å²) in [7, 11) is 0. The van der Waals surface area contributed by atoms with Gasteiger partial charge in [-0.1, -0.05) is 30.3 Å². The topological polar surface area (TPSA) is 54.9 Å². The molecule has 6 heteroatoms. The minimum absolute atomic E-state index is 0.492. The molecule has 0 fully saturated rings. The lowest BCUT2D eigenvalue weighted by atomic mass is 10.2. The van der Waals surface area contributed by atoms with E-state index in [1.54, 1.807) is 6.21 Å². The second-order valence-electron chi connectivity index (χ2n) is 5.14. The molecule has 0 spiro atoms. The molecule has 5 nitrogen and oxygen atoms in total. The van der Waals surface area contributed by atoms with Gasteiger partial charge in [0.1, 0.15) is 6.61 Å². The van der Waals surface area contributed by atoms with Crippen LogP contribution >= 0.6 is 12.2 Å². The van der Waals surface area contributed by atoms with Gasteiger partial charge in [-0.05, 0) is 55.4 Å². The molecule has 0 aromatic heterocycles. The summed E-state index contributed by atoms with van der Waals surface area (Å²) in [6.07, 6.45) is 1.69. The molecule has 25 heavy (non-hydrogen) atoms. The standard InChI is InChI=1S/C19H23N3O2S/c1-3-20-19(25)22-21-13-16-10-11-17(18(12-16)23-4-2)24-14-15-8-6-5-7-9-15/h5-13H,3-4,14H2,1-2H3,(H2,20,22,25)/b21-13+. The zero-order valence-electron chi connectivity index (χ0n) is 14.5.